The highest BCUT2D eigenvalue weighted by Gasteiger charge is 2.05. The lowest BCUT2D eigenvalue weighted by atomic mass is 10.6. The number of nitrogens with one attached hydrogen (secondary N) is 1. The van der Waals surface area contributed by atoms with Crippen LogP contribution < -0.4 is 5.32 Å². The summed E-state index contributed by atoms with van der Waals surface area (Å²) >= 11 is 1.62. The zero-order chi connectivity index (χ0) is 10.9. The lowest BCUT2D eigenvalue weighted by Gasteiger charge is -2.03. The molecule has 15 heavy (non-hydrogen) atoms. The molecule has 1 N–H and O–H groups in total. The third kappa shape index (κ3) is 4.59. The Morgan fingerprint density at radius 2 is 2.40 bits per heavy atom. The number of tetrazole rings is 1. The van der Waals surface area contributed by atoms with E-state index in [2.05, 4.69) is 20.8 Å². The Bertz CT molecular complexity index is 267. The molecule has 0 spiro atoms. The Kier molecular flexibility index (Phi) is 6.29. The second-order valence-electron chi connectivity index (χ2n) is 2.83. The monoisotopic (exact) mass is 231 g/mol. The van der Waals surface area contributed by atoms with Crippen LogP contribution >= 0.6 is 11.8 Å². The molecule has 0 saturated heterocycles. The lowest BCUT2D eigenvalue weighted by Crippen LogP contribution is -2.16. The molecule has 0 aliphatic rings. The number of thioether (sulfide) groups is 1. The van der Waals surface area contributed by atoms with Crippen molar-refractivity contribution in [1.82, 2.24) is 25.5 Å². The van der Waals surface area contributed by atoms with Crippen LogP contribution in [0.25, 0.3) is 0 Å². The van der Waals surface area contributed by atoms with Gasteiger partial charge in [0, 0.05) is 18.9 Å². The molecule has 0 bridgehead atoms. The van der Waals surface area contributed by atoms with Crippen LogP contribution in [0, 0.1) is 0 Å². The van der Waals surface area contributed by atoms with E-state index in [1.165, 1.54) is 0 Å². The van der Waals surface area contributed by atoms with Crippen molar-refractivity contribution in [2.75, 3.05) is 32.6 Å². The molecule has 1 aromatic heterocycles. The minimum atomic E-state index is 0.736. The van der Waals surface area contributed by atoms with E-state index in [1.54, 1.807) is 16.4 Å². The van der Waals surface area contributed by atoms with Gasteiger partial charge in [-0.1, -0.05) is 11.8 Å². The maximum absolute atomic E-state index is 5.24. The van der Waals surface area contributed by atoms with E-state index in [4.69, 9.17) is 4.74 Å². The van der Waals surface area contributed by atoms with E-state index in [-0.39, 0.29) is 0 Å². The SMILES string of the molecule is CCOCCSc1nnnn1CCNC. The third-order valence-corrected chi connectivity index (χ3v) is 2.66. The topological polar surface area (TPSA) is 64.9 Å². The summed E-state index contributed by atoms with van der Waals surface area (Å²) in [5, 5.41) is 15.4. The molecule has 7 heteroatoms. The van der Waals surface area contributed by atoms with Gasteiger partial charge in [0.15, 0.2) is 0 Å². The Morgan fingerprint density at radius 3 is 3.13 bits per heavy atom. The average Bonchev–Trinajstić information content (AvgIpc) is 2.69. The summed E-state index contributed by atoms with van der Waals surface area (Å²) in [4.78, 5) is 0. The summed E-state index contributed by atoms with van der Waals surface area (Å²) < 4.78 is 7.04. The van der Waals surface area contributed by atoms with Crippen LogP contribution in [0.5, 0.6) is 0 Å². The molecule has 86 valence electrons. The van der Waals surface area contributed by atoms with Crippen LogP contribution in [0.4, 0.5) is 0 Å². The van der Waals surface area contributed by atoms with Crippen LogP contribution in [0.1, 0.15) is 6.92 Å². The molecule has 1 aromatic rings. The Morgan fingerprint density at radius 1 is 1.53 bits per heavy atom. The van der Waals surface area contributed by atoms with Gasteiger partial charge in [-0.15, -0.1) is 5.10 Å². The summed E-state index contributed by atoms with van der Waals surface area (Å²) in [5.74, 6) is 0.883. The zero-order valence-electron chi connectivity index (χ0n) is 9.14. The highest BCUT2D eigenvalue weighted by Crippen LogP contribution is 2.12. The number of hydrogen-bond acceptors (Lipinski definition) is 6. The van der Waals surface area contributed by atoms with Gasteiger partial charge in [0.2, 0.25) is 5.16 Å². The number of likely N-dealkylation sites (N-methyl/N-ethyl adjacent to an activating group) is 1. The second-order valence-corrected chi connectivity index (χ2v) is 3.90. The molecule has 0 aromatic carbocycles. The van der Waals surface area contributed by atoms with Crippen molar-refractivity contribution in [2.45, 2.75) is 18.6 Å². The first-order valence-corrected chi connectivity index (χ1v) is 5.98. The Labute approximate surface area is 93.8 Å². The van der Waals surface area contributed by atoms with Gasteiger partial charge in [-0.25, -0.2) is 4.68 Å². The van der Waals surface area contributed by atoms with Gasteiger partial charge < -0.3 is 10.1 Å². The quantitative estimate of drug-likeness (QED) is 0.503. The van der Waals surface area contributed by atoms with Crippen LogP contribution in [-0.4, -0.2) is 52.8 Å². The van der Waals surface area contributed by atoms with Crippen LogP contribution in [-0.2, 0) is 11.3 Å². The fourth-order valence-corrected chi connectivity index (χ4v) is 1.75. The Hall–Kier alpha value is -0.660. The van der Waals surface area contributed by atoms with Gasteiger partial charge >= 0.3 is 0 Å². The normalized spacial score (nSPS) is 10.8. The third-order valence-electron chi connectivity index (χ3n) is 1.74. The highest BCUT2D eigenvalue weighted by atomic mass is 32.2. The first-order valence-electron chi connectivity index (χ1n) is 4.99. The highest BCUT2D eigenvalue weighted by molar-refractivity contribution is 7.99. The predicted octanol–water partition coefficient (Wildman–Crippen LogP) is 0.0211. The number of ether oxygens (including phenoxy) is 1. The summed E-state index contributed by atoms with van der Waals surface area (Å²) in [6.45, 7) is 5.14. The molecule has 1 heterocycles. The smallest absolute Gasteiger partial charge is 0.209 e. The van der Waals surface area contributed by atoms with Crippen LogP contribution in [0.3, 0.4) is 0 Å². The van der Waals surface area contributed by atoms with E-state index < -0.39 is 0 Å². The number of nitrogens with zero attached hydrogens (tertiary/aromatic N) is 4. The van der Waals surface area contributed by atoms with E-state index in [1.807, 2.05) is 14.0 Å². The molecule has 0 aliphatic heterocycles. The van der Waals surface area contributed by atoms with E-state index in [0.717, 1.165) is 37.2 Å². The summed E-state index contributed by atoms with van der Waals surface area (Å²) in [6, 6.07) is 0. The zero-order valence-corrected chi connectivity index (χ0v) is 9.96. The first-order chi connectivity index (χ1) is 7.38. The van der Waals surface area contributed by atoms with Crippen molar-refractivity contribution in [3.05, 3.63) is 0 Å². The minimum Gasteiger partial charge on any atom is -0.381 e. The molecule has 0 atom stereocenters. The molecular weight excluding hydrogens is 214 g/mol. The van der Waals surface area contributed by atoms with Crippen LogP contribution in [0.15, 0.2) is 5.16 Å². The molecule has 1 rings (SSSR count). The van der Waals surface area contributed by atoms with Gasteiger partial charge in [-0.2, -0.15) is 0 Å². The van der Waals surface area contributed by atoms with E-state index in [9.17, 15) is 0 Å². The van der Waals surface area contributed by atoms with Crippen LogP contribution in [0.2, 0.25) is 0 Å². The van der Waals surface area contributed by atoms with Gasteiger partial charge in [0.05, 0.1) is 13.2 Å². The first kappa shape index (κ1) is 12.4. The summed E-state index contributed by atoms with van der Waals surface area (Å²) in [7, 11) is 1.91. The largest absolute Gasteiger partial charge is 0.381 e. The number of hydrogen-bond donors (Lipinski definition) is 1. The van der Waals surface area contributed by atoms with Crippen molar-refractivity contribution in [2.24, 2.45) is 0 Å². The Balaban J connectivity index is 2.29. The van der Waals surface area contributed by atoms with Gasteiger partial charge in [0.25, 0.3) is 0 Å². The predicted molar refractivity (Wildman–Crippen MR) is 59.0 cm³/mol. The second kappa shape index (κ2) is 7.61. The molecule has 0 amide bonds. The lowest BCUT2D eigenvalue weighted by molar-refractivity contribution is 0.164. The average molecular weight is 231 g/mol. The molecule has 0 aliphatic carbocycles. The fraction of sp³-hybridized carbons (Fsp3) is 0.875. The van der Waals surface area contributed by atoms with Gasteiger partial charge in [-0.05, 0) is 24.4 Å². The van der Waals surface area contributed by atoms with E-state index >= 15 is 0 Å². The van der Waals surface area contributed by atoms with Crippen molar-refractivity contribution < 1.29 is 4.74 Å². The van der Waals surface area contributed by atoms with Crippen molar-refractivity contribution >= 4 is 11.8 Å². The maximum atomic E-state index is 5.24. The standard InChI is InChI=1S/C8H17N5OS/c1-3-14-6-7-15-8-10-11-12-13(8)5-4-9-2/h9H,3-7H2,1-2H3. The maximum Gasteiger partial charge on any atom is 0.209 e. The van der Waals surface area contributed by atoms with E-state index in [0.29, 0.717) is 0 Å². The molecule has 6 nitrogen and oxygen atoms in total. The number of aromatic nitrogens is 4. The van der Waals surface area contributed by atoms with Crippen molar-refractivity contribution in [3.8, 4) is 0 Å². The van der Waals surface area contributed by atoms with Crippen molar-refractivity contribution in [1.29, 1.82) is 0 Å². The van der Waals surface area contributed by atoms with Crippen molar-refractivity contribution in [3.63, 3.8) is 0 Å². The van der Waals surface area contributed by atoms with Gasteiger partial charge in [-0.3, -0.25) is 0 Å². The summed E-state index contributed by atoms with van der Waals surface area (Å²) in [5.41, 5.74) is 0. The fourth-order valence-electron chi connectivity index (χ4n) is 0.994. The minimum absolute atomic E-state index is 0.736. The molecular formula is C8H17N5OS. The molecule has 0 unspecified atom stereocenters. The number of rotatable bonds is 8. The summed E-state index contributed by atoms with van der Waals surface area (Å²) in [6.07, 6.45) is 0. The van der Waals surface area contributed by atoms with Gasteiger partial charge in [0.1, 0.15) is 0 Å². The molecule has 0 fully saturated rings. The molecule has 0 radical (unpaired) electrons. The molecule has 0 saturated carbocycles.